The summed E-state index contributed by atoms with van der Waals surface area (Å²) in [5.74, 6) is 0.713. The predicted molar refractivity (Wildman–Crippen MR) is 85.9 cm³/mol. The number of aromatic nitrogens is 1. The lowest BCUT2D eigenvalue weighted by atomic mass is 9.79. The highest BCUT2D eigenvalue weighted by molar-refractivity contribution is 5.78. The quantitative estimate of drug-likeness (QED) is 0.744. The fraction of sp³-hybridized carbons (Fsp3) is 0.211. The van der Waals surface area contributed by atoms with E-state index in [1.54, 1.807) is 0 Å². The zero-order chi connectivity index (χ0) is 15.4. The van der Waals surface area contributed by atoms with Gasteiger partial charge in [0.1, 0.15) is 11.4 Å². The van der Waals surface area contributed by atoms with Gasteiger partial charge in [0.15, 0.2) is 5.60 Å². The second-order valence-corrected chi connectivity index (χ2v) is 6.21. The Labute approximate surface area is 129 Å². The summed E-state index contributed by atoms with van der Waals surface area (Å²) in [6, 6.07) is 19.4. The number of hydrogen-bond donors (Lipinski definition) is 1. The Balaban J connectivity index is 1.98. The van der Waals surface area contributed by atoms with E-state index in [0.717, 1.165) is 16.5 Å². The fourth-order valence-corrected chi connectivity index (χ4v) is 3.24. The van der Waals surface area contributed by atoms with Crippen molar-refractivity contribution in [2.75, 3.05) is 0 Å². The van der Waals surface area contributed by atoms with Crippen LogP contribution in [0.5, 0.6) is 5.75 Å². The van der Waals surface area contributed by atoms with Crippen LogP contribution < -0.4 is 4.74 Å². The van der Waals surface area contributed by atoms with Gasteiger partial charge in [-0.1, -0.05) is 42.5 Å². The molecule has 0 saturated carbocycles. The molecule has 0 amide bonds. The van der Waals surface area contributed by atoms with Crippen molar-refractivity contribution in [2.45, 2.75) is 25.0 Å². The van der Waals surface area contributed by atoms with E-state index in [9.17, 15) is 5.11 Å². The molecule has 1 atom stereocenters. The molecule has 1 aliphatic heterocycles. The Kier molecular flexibility index (Phi) is 2.60. The van der Waals surface area contributed by atoms with E-state index in [2.05, 4.69) is 0 Å². The summed E-state index contributed by atoms with van der Waals surface area (Å²) in [6.45, 7) is 3.79. The lowest BCUT2D eigenvalue weighted by molar-refractivity contribution is -0.0666. The van der Waals surface area contributed by atoms with Crippen LogP contribution in [-0.2, 0) is 5.60 Å². The molecule has 2 aromatic carbocycles. The van der Waals surface area contributed by atoms with Crippen LogP contribution in [0, 0.1) is 0 Å². The second kappa shape index (κ2) is 4.31. The lowest BCUT2D eigenvalue weighted by Crippen LogP contribution is -2.48. The molecule has 110 valence electrons. The first-order valence-electron chi connectivity index (χ1n) is 7.39. The summed E-state index contributed by atoms with van der Waals surface area (Å²) >= 11 is 0. The monoisotopic (exact) mass is 291 g/mol. The van der Waals surface area contributed by atoms with Crippen LogP contribution in [0.1, 0.15) is 25.1 Å². The number of pyridine rings is 1. The third kappa shape index (κ3) is 1.63. The van der Waals surface area contributed by atoms with E-state index >= 15 is 0 Å². The van der Waals surface area contributed by atoms with E-state index in [-0.39, 0.29) is 0 Å². The van der Waals surface area contributed by atoms with Crippen LogP contribution in [0.25, 0.3) is 10.9 Å². The van der Waals surface area contributed by atoms with Gasteiger partial charge in [-0.15, -0.1) is 0 Å². The third-order valence-electron chi connectivity index (χ3n) is 4.48. The third-order valence-corrected chi connectivity index (χ3v) is 4.48. The van der Waals surface area contributed by atoms with Crippen molar-refractivity contribution >= 4 is 10.9 Å². The maximum atomic E-state index is 11.5. The minimum atomic E-state index is -1.27. The Morgan fingerprint density at radius 3 is 2.50 bits per heavy atom. The molecule has 0 saturated heterocycles. The highest BCUT2D eigenvalue weighted by Crippen LogP contribution is 2.50. The summed E-state index contributed by atoms with van der Waals surface area (Å²) in [7, 11) is 0. The molecule has 0 bridgehead atoms. The first kappa shape index (κ1) is 13.3. The molecule has 3 aromatic rings. The van der Waals surface area contributed by atoms with E-state index < -0.39 is 11.2 Å². The van der Waals surface area contributed by atoms with Crippen LogP contribution in [-0.4, -0.2) is 15.7 Å². The highest BCUT2D eigenvalue weighted by Gasteiger charge is 2.55. The molecule has 1 N–H and O–H groups in total. The van der Waals surface area contributed by atoms with Gasteiger partial charge in [-0.05, 0) is 32.0 Å². The van der Waals surface area contributed by atoms with E-state index in [4.69, 9.17) is 9.72 Å². The topological polar surface area (TPSA) is 42.4 Å². The first-order chi connectivity index (χ1) is 10.5. The minimum absolute atomic E-state index is 0.612. The summed E-state index contributed by atoms with van der Waals surface area (Å²) in [5.41, 5.74) is 0.192. The van der Waals surface area contributed by atoms with Gasteiger partial charge < -0.3 is 9.84 Å². The summed E-state index contributed by atoms with van der Waals surface area (Å²) in [5, 5.41) is 12.6. The largest absolute Gasteiger partial charge is 0.484 e. The number of aliphatic hydroxyl groups is 1. The fourth-order valence-electron chi connectivity index (χ4n) is 3.24. The highest BCUT2D eigenvalue weighted by atomic mass is 16.5. The predicted octanol–water partition coefficient (Wildman–Crippen LogP) is 3.64. The van der Waals surface area contributed by atoms with Gasteiger partial charge in [0.05, 0.1) is 11.2 Å². The molecular formula is C19H17NO2. The van der Waals surface area contributed by atoms with Gasteiger partial charge >= 0.3 is 0 Å². The van der Waals surface area contributed by atoms with Crippen molar-refractivity contribution in [1.82, 2.24) is 4.98 Å². The van der Waals surface area contributed by atoms with E-state index in [1.807, 2.05) is 74.5 Å². The standard InChI is InChI=1S/C19H17NO2/c1-18(2)19(21,14-8-4-6-10-16(14)22-18)17-12-11-13-7-3-5-9-15(13)20-17/h3-12,21H,1-2H3/t19-/m0/s1. The van der Waals surface area contributed by atoms with Crippen molar-refractivity contribution in [1.29, 1.82) is 0 Å². The van der Waals surface area contributed by atoms with Crippen molar-refractivity contribution < 1.29 is 9.84 Å². The molecule has 0 spiro atoms. The van der Waals surface area contributed by atoms with Gasteiger partial charge in [-0.2, -0.15) is 0 Å². The maximum Gasteiger partial charge on any atom is 0.174 e. The SMILES string of the molecule is CC1(C)Oc2ccccc2[C@]1(O)c1ccc2ccccc2n1. The van der Waals surface area contributed by atoms with Gasteiger partial charge in [0.25, 0.3) is 0 Å². The number of fused-ring (bicyclic) bond motifs is 2. The van der Waals surface area contributed by atoms with Crippen LogP contribution >= 0.6 is 0 Å². The Hall–Kier alpha value is -2.39. The minimum Gasteiger partial charge on any atom is -0.484 e. The molecule has 4 rings (SSSR count). The summed E-state index contributed by atoms with van der Waals surface area (Å²) in [4.78, 5) is 4.69. The Bertz CT molecular complexity index is 872. The van der Waals surface area contributed by atoms with Crippen LogP contribution in [0.3, 0.4) is 0 Å². The van der Waals surface area contributed by atoms with Crippen molar-refractivity contribution in [3.8, 4) is 5.75 Å². The van der Waals surface area contributed by atoms with Gasteiger partial charge in [-0.3, -0.25) is 0 Å². The number of para-hydroxylation sites is 2. The van der Waals surface area contributed by atoms with E-state index in [0.29, 0.717) is 11.4 Å². The normalized spacial score (nSPS) is 22.3. The zero-order valence-electron chi connectivity index (χ0n) is 12.6. The molecule has 0 radical (unpaired) electrons. The first-order valence-corrected chi connectivity index (χ1v) is 7.39. The Morgan fingerprint density at radius 2 is 1.64 bits per heavy atom. The molecule has 2 heterocycles. The molecular weight excluding hydrogens is 274 g/mol. The van der Waals surface area contributed by atoms with Crippen LogP contribution in [0.4, 0.5) is 0 Å². The average Bonchev–Trinajstić information content (AvgIpc) is 2.74. The molecule has 0 unspecified atom stereocenters. The molecule has 3 nitrogen and oxygen atoms in total. The lowest BCUT2D eigenvalue weighted by Gasteiger charge is -2.34. The van der Waals surface area contributed by atoms with Crippen molar-refractivity contribution in [2.24, 2.45) is 0 Å². The Morgan fingerprint density at radius 1 is 0.909 bits per heavy atom. The second-order valence-electron chi connectivity index (χ2n) is 6.21. The van der Waals surface area contributed by atoms with Gasteiger partial charge in [0.2, 0.25) is 0 Å². The molecule has 0 aliphatic carbocycles. The smallest absolute Gasteiger partial charge is 0.174 e. The maximum absolute atomic E-state index is 11.5. The van der Waals surface area contributed by atoms with Crippen LogP contribution in [0.15, 0.2) is 60.7 Å². The zero-order valence-corrected chi connectivity index (χ0v) is 12.6. The number of ether oxygens (including phenoxy) is 1. The van der Waals surface area contributed by atoms with E-state index in [1.165, 1.54) is 0 Å². The summed E-state index contributed by atoms with van der Waals surface area (Å²) < 4.78 is 5.99. The molecule has 3 heteroatoms. The average molecular weight is 291 g/mol. The van der Waals surface area contributed by atoms with Crippen molar-refractivity contribution in [3.63, 3.8) is 0 Å². The number of benzene rings is 2. The number of nitrogens with zero attached hydrogens (tertiary/aromatic N) is 1. The number of rotatable bonds is 1. The van der Waals surface area contributed by atoms with Gasteiger partial charge in [0, 0.05) is 10.9 Å². The molecule has 1 aromatic heterocycles. The van der Waals surface area contributed by atoms with Gasteiger partial charge in [-0.25, -0.2) is 4.98 Å². The summed E-state index contributed by atoms with van der Waals surface area (Å²) in [6.07, 6.45) is 0. The molecule has 22 heavy (non-hydrogen) atoms. The number of hydrogen-bond acceptors (Lipinski definition) is 3. The van der Waals surface area contributed by atoms with Crippen LogP contribution in [0.2, 0.25) is 0 Å². The molecule has 0 fully saturated rings. The van der Waals surface area contributed by atoms with Crippen molar-refractivity contribution in [3.05, 3.63) is 71.9 Å². The molecule has 1 aliphatic rings.